The standard InChI is InChI=1S/C21H27NO3/c1-6-25-21(24)17-12-16-10-11-18(23)19(20(16)22-17)15(5)14(4)9-7-8-13(2)3/h8-12,15,22-23H,6-7H2,1-5H3. The number of fused-ring (bicyclic) bond motifs is 1. The summed E-state index contributed by atoms with van der Waals surface area (Å²) >= 11 is 0. The number of esters is 1. The summed E-state index contributed by atoms with van der Waals surface area (Å²) in [5.74, 6) is -0.122. The van der Waals surface area contributed by atoms with Gasteiger partial charge in [-0.05, 0) is 52.3 Å². The molecule has 0 aliphatic heterocycles. The summed E-state index contributed by atoms with van der Waals surface area (Å²) in [5, 5.41) is 11.3. The number of carbonyl (C=O) groups excluding carboxylic acids is 1. The molecule has 1 aromatic carbocycles. The summed E-state index contributed by atoms with van der Waals surface area (Å²) in [4.78, 5) is 15.1. The second-order valence-electron chi connectivity index (χ2n) is 6.55. The summed E-state index contributed by atoms with van der Waals surface area (Å²) in [5.41, 5.74) is 4.45. The minimum absolute atomic E-state index is 0.0305. The Morgan fingerprint density at radius 2 is 2.00 bits per heavy atom. The fraction of sp³-hybridized carbons (Fsp3) is 0.381. The molecule has 0 amide bonds. The Labute approximate surface area is 149 Å². The maximum Gasteiger partial charge on any atom is 0.354 e. The van der Waals surface area contributed by atoms with Crippen molar-refractivity contribution in [3.8, 4) is 5.75 Å². The highest BCUT2D eigenvalue weighted by atomic mass is 16.5. The number of allylic oxidation sites excluding steroid dienone is 4. The smallest absolute Gasteiger partial charge is 0.354 e. The number of aromatic hydroxyl groups is 1. The van der Waals surface area contributed by atoms with E-state index >= 15 is 0 Å². The molecule has 1 heterocycles. The second kappa shape index (κ2) is 8.06. The number of ether oxygens (including phenoxy) is 1. The largest absolute Gasteiger partial charge is 0.508 e. The number of aromatic nitrogens is 1. The number of hydrogen-bond donors (Lipinski definition) is 2. The Bertz CT molecular complexity index is 823. The number of benzene rings is 1. The van der Waals surface area contributed by atoms with Crippen molar-refractivity contribution in [2.45, 2.75) is 47.0 Å². The van der Waals surface area contributed by atoms with Crippen LogP contribution in [0.4, 0.5) is 0 Å². The number of phenolic OH excluding ortho intramolecular Hbond substituents is 1. The molecule has 4 nitrogen and oxygen atoms in total. The van der Waals surface area contributed by atoms with Crippen molar-refractivity contribution in [2.24, 2.45) is 0 Å². The minimum Gasteiger partial charge on any atom is -0.508 e. The van der Waals surface area contributed by atoms with Crippen LogP contribution in [0, 0.1) is 0 Å². The Morgan fingerprint density at radius 1 is 1.28 bits per heavy atom. The molecular weight excluding hydrogens is 314 g/mol. The van der Waals surface area contributed by atoms with Gasteiger partial charge in [0.2, 0.25) is 0 Å². The molecule has 0 bridgehead atoms. The van der Waals surface area contributed by atoms with Crippen molar-refractivity contribution < 1.29 is 14.6 Å². The lowest BCUT2D eigenvalue weighted by Crippen LogP contribution is -2.04. The molecule has 4 heteroatoms. The second-order valence-corrected chi connectivity index (χ2v) is 6.55. The summed E-state index contributed by atoms with van der Waals surface area (Å²) in [6, 6.07) is 5.26. The monoisotopic (exact) mass is 341 g/mol. The van der Waals surface area contributed by atoms with Gasteiger partial charge in [-0.3, -0.25) is 0 Å². The third-order valence-corrected chi connectivity index (χ3v) is 4.39. The fourth-order valence-corrected chi connectivity index (χ4v) is 2.85. The van der Waals surface area contributed by atoms with E-state index in [-0.39, 0.29) is 17.6 Å². The summed E-state index contributed by atoms with van der Waals surface area (Å²) in [7, 11) is 0. The molecule has 0 fully saturated rings. The first-order valence-corrected chi connectivity index (χ1v) is 8.66. The van der Waals surface area contributed by atoms with E-state index in [0.717, 1.165) is 22.9 Å². The Kier molecular flexibility index (Phi) is 6.07. The normalized spacial score (nSPS) is 12.9. The number of phenols is 1. The lowest BCUT2D eigenvalue weighted by atomic mass is 9.91. The van der Waals surface area contributed by atoms with Crippen LogP contribution in [0.3, 0.4) is 0 Å². The quantitative estimate of drug-likeness (QED) is 0.542. The van der Waals surface area contributed by atoms with Crippen LogP contribution in [0.15, 0.2) is 41.5 Å². The molecule has 0 aliphatic carbocycles. The van der Waals surface area contributed by atoms with Gasteiger partial charge in [0.15, 0.2) is 0 Å². The molecule has 0 saturated carbocycles. The number of rotatable bonds is 6. The number of aromatic amines is 1. The lowest BCUT2D eigenvalue weighted by Gasteiger charge is -2.16. The van der Waals surface area contributed by atoms with Gasteiger partial charge in [-0.25, -0.2) is 4.79 Å². The maximum absolute atomic E-state index is 12.0. The van der Waals surface area contributed by atoms with Crippen LogP contribution in [0.1, 0.15) is 63.0 Å². The highest BCUT2D eigenvalue weighted by molar-refractivity contribution is 5.96. The van der Waals surface area contributed by atoms with Gasteiger partial charge >= 0.3 is 5.97 Å². The Balaban J connectivity index is 2.43. The van der Waals surface area contributed by atoms with Crippen LogP contribution >= 0.6 is 0 Å². The lowest BCUT2D eigenvalue weighted by molar-refractivity contribution is 0.0520. The first kappa shape index (κ1) is 18.8. The van der Waals surface area contributed by atoms with Crippen molar-refractivity contribution >= 4 is 16.9 Å². The van der Waals surface area contributed by atoms with E-state index in [2.05, 4.69) is 44.8 Å². The Morgan fingerprint density at radius 3 is 2.64 bits per heavy atom. The van der Waals surface area contributed by atoms with Gasteiger partial charge in [0.25, 0.3) is 0 Å². The molecule has 1 aromatic heterocycles. The van der Waals surface area contributed by atoms with Gasteiger partial charge < -0.3 is 14.8 Å². The Hall–Kier alpha value is -2.49. The van der Waals surface area contributed by atoms with Crippen molar-refractivity contribution in [3.63, 3.8) is 0 Å². The zero-order chi connectivity index (χ0) is 18.6. The molecule has 1 unspecified atom stereocenters. The SMILES string of the molecule is CCOC(=O)c1cc2ccc(O)c(C(C)C(C)=CCC=C(C)C)c2[nH]1. The van der Waals surface area contributed by atoms with Crippen LogP contribution in [-0.4, -0.2) is 22.7 Å². The predicted octanol–water partition coefficient (Wildman–Crippen LogP) is 5.46. The first-order valence-electron chi connectivity index (χ1n) is 8.66. The molecule has 25 heavy (non-hydrogen) atoms. The average molecular weight is 341 g/mol. The van der Waals surface area contributed by atoms with Crippen LogP contribution in [-0.2, 0) is 4.74 Å². The minimum atomic E-state index is -0.382. The number of H-pyrrole nitrogens is 1. The van der Waals surface area contributed by atoms with Crippen LogP contribution in [0.2, 0.25) is 0 Å². The van der Waals surface area contributed by atoms with Crippen molar-refractivity contribution in [1.82, 2.24) is 4.98 Å². The van der Waals surface area contributed by atoms with Crippen molar-refractivity contribution in [1.29, 1.82) is 0 Å². The topological polar surface area (TPSA) is 62.3 Å². The molecule has 2 N–H and O–H groups in total. The van der Waals surface area contributed by atoms with Gasteiger partial charge in [-0.1, -0.05) is 30.2 Å². The van der Waals surface area contributed by atoms with Gasteiger partial charge in [-0.15, -0.1) is 0 Å². The van der Waals surface area contributed by atoms with E-state index in [1.807, 2.05) is 6.07 Å². The number of carbonyl (C=O) groups is 1. The summed E-state index contributed by atoms with van der Waals surface area (Å²) in [6.45, 7) is 10.4. The average Bonchev–Trinajstić information content (AvgIpc) is 2.98. The van der Waals surface area contributed by atoms with Crippen LogP contribution in [0.5, 0.6) is 5.75 Å². The highest BCUT2D eigenvalue weighted by Crippen LogP contribution is 2.37. The summed E-state index contributed by atoms with van der Waals surface area (Å²) in [6.07, 6.45) is 5.21. The van der Waals surface area contributed by atoms with E-state index in [9.17, 15) is 9.90 Å². The molecule has 1 atom stereocenters. The van der Waals surface area contributed by atoms with E-state index < -0.39 is 0 Å². The predicted molar refractivity (Wildman–Crippen MR) is 102 cm³/mol. The van der Waals surface area contributed by atoms with E-state index in [0.29, 0.717) is 12.3 Å². The third-order valence-electron chi connectivity index (χ3n) is 4.39. The third kappa shape index (κ3) is 4.32. The van der Waals surface area contributed by atoms with Gasteiger partial charge in [0.05, 0.1) is 12.1 Å². The molecule has 2 rings (SSSR count). The van der Waals surface area contributed by atoms with Gasteiger partial charge in [-0.2, -0.15) is 0 Å². The van der Waals surface area contributed by atoms with Gasteiger partial charge in [0, 0.05) is 16.9 Å². The molecule has 0 aliphatic rings. The van der Waals surface area contributed by atoms with Crippen LogP contribution in [0.25, 0.3) is 10.9 Å². The van der Waals surface area contributed by atoms with E-state index in [1.54, 1.807) is 19.1 Å². The van der Waals surface area contributed by atoms with Crippen molar-refractivity contribution in [2.75, 3.05) is 6.61 Å². The first-order chi connectivity index (χ1) is 11.8. The summed E-state index contributed by atoms with van der Waals surface area (Å²) < 4.78 is 5.06. The maximum atomic E-state index is 12.0. The van der Waals surface area contributed by atoms with Gasteiger partial charge in [0.1, 0.15) is 11.4 Å². The molecule has 134 valence electrons. The number of hydrogen-bond acceptors (Lipinski definition) is 3. The zero-order valence-corrected chi connectivity index (χ0v) is 15.6. The zero-order valence-electron chi connectivity index (χ0n) is 15.6. The van der Waals surface area contributed by atoms with E-state index in [1.165, 1.54) is 11.1 Å². The van der Waals surface area contributed by atoms with Crippen LogP contribution < -0.4 is 0 Å². The molecule has 0 spiro atoms. The molecular formula is C21H27NO3. The molecule has 0 saturated heterocycles. The highest BCUT2D eigenvalue weighted by Gasteiger charge is 2.19. The molecule has 0 radical (unpaired) electrons. The molecule has 2 aromatic rings. The van der Waals surface area contributed by atoms with E-state index in [4.69, 9.17) is 4.74 Å². The number of nitrogens with one attached hydrogen (secondary N) is 1. The fourth-order valence-electron chi connectivity index (χ4n) is 2.85. The van der Waals surface area contributed by atoms with Crippen molar-refractivity contribution in [3.05, 3.63) is 52.8 Å².